The number of rotatable bonds is 6. The summed E-state index contributed by atoms with van der Waals surface area (Å²) < 4.78 is 23.7. The first-order valence-electron chi connectivity index (χ1n) is 3.78. The lowest BCUT2D eigenvalue weighted by Gasteiger charge is -2.17. The topological polar surface area (TPSA) is 57.6 Å². The summed E-state index contributed by atoms with van der Waals surface area (Å²) in [5, 5.41) is 8.58. The molecule has 0 atom stereocenters. The lowest BCUT2D eigenvalue weighted by atomic mass is 10.6. The van der Waals surface area contributed by atoms with Crippen LogP contribution in [0.3, 0.4) is 0 Å². The molecule has 1 N–H and O–H groups in total. The lowest BCUT2D eigenvalue weighted by Crippen LogP contribution is -2.34. The van der Waals surface area contributed by atoms with E-state index in [1.807, 2.05) is 0 Å². The molecular formula is C7H15NO3S. The van der Waals surface area contributed by atoms with Crippen LogP contribution >= 0.6 is 0 Å². The van der Waals surface area contributed by atoms with Crippen LogP contribution in [0.1, 0.15) is 6.92 Å². The molecule has 0 fully saturated rings. The van der Waals surface area contributed by atoms with Crippen molar-refractivity contribution < 1.29 is 13.5 Å². The Kier molecular flexibility index (Phi) is 5.12. The minimum Gasteiger partial charge on any atom is -0.395 e. The molecule has 0 aliphatic carbocycles. The average molecular weight is 193 g/mol. The van der Waals surface area contributed by atoms with E-state index in [4.69, 9.17) is 5.11 Å². The number of nitrogens with zero attached hydrogens (tertiary/aromatic N) is 1. The largest absolute Gasteiger partial charge is 0.395 e. The number of aliphatic hydroxyl groups is 1. The van der Waals surface area contributed by atoms with E-state index in [9.17, 15) is 8.42 Å². The summed E-state index contributed by atoms with van der Waals surface area (Å²) in [5.41, 5.74) is 0. The van der Waals surface area contributed by atoms with Crippen LogP contribution in [-0.4, -0.2) is 43.3 Å². The van der Waals surface area contributed by atoms with Gasteiger partial charge in [-0.15, -0.1) is 6.58 Å². The van der Waals surface area contributed by atoms with E-state index in [2.05, 4.69) is 6.58 Å². The Hall–Kier alpha value is -0.390. The predicted octanol–water partition coefficient (Wildman–Crippen LogP) is -0.184. The molecule has 0 saturated heterocycles. The molecule has 0 amide bonds. The first kappa shape index (κ1) is 11.6. The van der Waals surface area contributed by atoms with Gasteiger partial charge in [0.15, 0.2) is 0 Å². The zero-order valence-electron chi connectivity index (χ0n) is 7.23. The van der Waals surface area contributed by atoms with Crippen molar-refractivity contribution >= 4 is 10.0 Å². The van der Waals surface area contributed by atoms with Crippen LogP contribution in [0.25, 0.3) is 0 Å². The van der Waals surface area contributed by atoms with Gasteiger partial charge in [-0.1, -0.05) is 6.08 Å². The normalized spacial score (nSPS) is 11.9. The van der Waals surface area contributed by atoms with Gasteiger partial charge in [-0.3, -0.25) is 0 Å². The highest BCUT2D eigenvalue weighted by molar-refractivity contribution is 7.89. The number of aliphatic hydroxyl groups excluding tert-OH is 1. The molecule has 0 rings (SSSR count). The number of hydrogen-bond donors (Lipinski definition) is 1. The maximum absolute atomic E-state index is 11.2. The highest BCUT2D eigenvalue weighted by Crippen LogP contribution is 1.99. The van der Waals surface area contributed by atoms with Crippen molar-refractivity contribution in [1.29, 1.82) is 0 Å². The Morgan fingerprint density at radius 1 is 1.58 bits per heavy atom. The summed E-state index contributed by atoms with van der Waals surface area (Å²) >= 11 is 0. The first-order chi connectivity index (χ1) is 5.58. The Labute approximate surface area is 73.6 Å². The monoisotopic (exact) mass is 193 g/mol. The second-order valence-electron chi connectivity index (χ2n) is 2.27. The third-order valence-electron chi connectivity index (χ3n) is 1.44. The molecule has 0 spiro atoms. The SMILES string of the molecule is C=CCN(CCO)S(=O)(=O)CC. The third-order valence-corrected chi connectivity index (χ3v) is 3.29. The summed E-state index contributed by atoms with van der Waals surface area (Å²) in [6, 6.07) is 0. The van der Waals surface area contributed by atoms with Crippen molar-refractivity contribution in [2.75, 3.05) is 25.4 Å². The van der Waals surface area contributed by atoms with Gasteiger partial charge >= 0.3 is 0 Å². The Morgan fingerprint density at radius 2 is 2.17 bits per heavy atom. The maximum Gasteiger partial charge on any atom is 0.214 e. The second-order valence-corrected chi connectivity index (χ2v) is 4.53. The zero-order chi connectivity index (χ0) is 9.61. The first-order valence-corrected chi connectivity index (χ1v) is 5.39. The molecule has 0 heterocycles. The van der Waals surface area contributed by atoms with Gasteiger partial charge in [0.2, 0.25) is 10.0 Å². The summed E-state index contributed by atoms with van der Waals surface area (Å²) in [4.78, 5) is 0. The standard InChI is InChI=1S/C7H15NO3S/c1-3-5-8(6-7-9)12(10,11)4-2/h3,9H,1,4-7H2,2H3. The van der Waals surface area contributed by atoms with Crippen LogP contribution in [0.5, 0.6) is 0 Å². The van der Waals surface area contributed by atoms with Crippen molar-refractivity contribution in [3.8, 4) is 0 Å². The van der Waals surface area contributed by atoms with E-state index in [1.165, 1.54) is 10.4 Å². The molecule has 0 saturated carbocycles. The van der Waals surface area contributed by atoms with E-state index >= 15 is 0 Å². The Balaban J connectivity index is 4.38. The van der Waals surface area contributed by atoms with Crippen molar-refractivity contribution in [1.82, 2.24) is 4.31 Å². The Bertz CT molecular complexity index is 223. The molecule has 12 heavy (non-hydrogen) atoms. The molecule has 0 aromatic rings. The van der Waals surface area contributed by atoms with Gasteiger partial charge < -0.3 is 5.11 Å². The third kappa shape index (κ3) is 3.34. The van der Waals surface area contributed by atoms with Gasteiger partial charge in [0, 0.05) is 13.1 Å². The maximum atomic E-state index is 11.2. The summed E-state index contributed by atoms with van der Waals surface area (Å²) in [6.07, 6.45) is 1.50. The van der Waals surface area contributed by atoms with E-state index in [-0.39, 0.29) is 25.4 Å². The van der Waals surface area contributed by atoms with Gasteiger partial charge in [-0.25, -0.2) is 8.42 Å². The van der Waals surface area contributed by atoms with Crippen LogP contribution in [0, 0.1) is 0 Å². The molecular weight excluding hydrogens is 178 g/mol. The molecule has 0 aliphatic rings. The van der Waals surface area contributed by atoms with E-state index in [0.717, 1.165) is 0 Å². The van der Waals surface area contributed by atoms with Gasteiger partial charge in [0.25, 0.3) is 0 Å². The van der Waals surface area contributed by atoms with Crippen LogP contribution in [0.4, 0.5) is 0 Å². The van der Waals surface area contributed by atoms with Crippen molar-refractivity contribution in [3.05, 3.63) is 12.7 Å². The average Bonchev–Trinajstić information content (AvgIpc) is 2.04. The van der Waals surface area contributed by atoms with E-state index in [0.29, 0.717) is 0 Å². The minimum atomic E-state index is -3.18. The summed E-state index contributed by atoms with van der Waals surface area (Å²) in [5.74, 6) is 0.0564. The molecule has 0 aliphatic heterocycles. The quantitative estimate of drug-likeness (QED) is 0.595. The van der Waals surface area contributed by atoms with Crippen LogP contribution in [0.2, 0.25) is 0 Å². The lowest BCUT2D eigenvalue weighted by molar-refractivity contribution is 0.260. The highest BCUT2D eigenvalue weighted by Gasteiger charge is 2.16. The highest BCUT2D eigenvalue weighted by atomic mass is 32.2. The van der Waals surface area contributed by atoms with Crippen molar-refractivity contribution in [2.45, 2.75) is 6.92 Å². The smallest absolute Gasteiger partial charge is 0.214 e. The van der Waals surface area contributed by atoms with Crippen LogP contribution in [-0.2, 0) is 10.0 Å². The summed E-state index contributed by atoms with van der Waals surface area (Å²) in [7, 11) is -3.18. The molecule has 5 heteroatoms. The predicted molar refractivity (Wildman–Crippen MR) is 48.3 cm³/mol. The number of sulfonamides is 1. The van der Waals surface area contributed by atoms with Gasteiger partial charge in [0.1, 0.15) is 0 Å². The fourth-order valence-corrected chi connectivity index (χ4v) is 1.84. The molecule has 72 valence electrons. The van der Waals surface area contributed by atoms with E-state index in [1.54, 1.807) is 6.92 Å². The molecule has 0 aromatic heterocycles. The fraction of sp³-hybridized carbons (Fsp3) is 0.714. The molecule has 4 nitrogen and oxygen atoms in total. The van der Waals surface area contributed by atoms with Crippen molar-refractivity contribution in [3.63, 3.8) is 0 Å². The van der Waals surface area contributed by atoms with Gasteiger partial charge in [0.05, 0.1) is 12.4 Å². The van der Waals surface area contributed by atoms with E-state index < -0.39 is 10.0 Å². The minimum absolute atomic E-state index is 0.0564. The van der Waals surface area contributed by atoms with Gasteiger partial charge in [-0.2, -0.15) is 4.31 Å². The molecule has 0 radical (unpaired) electrons. The van der Waals surface area contributed by atoms with Crippen molar-refractivity contribution in [2.24, 2.45) is 0 Å². The fourth-order valence-electron chi connectivity index (χ4n) is 0.782. The molecule has 0 unspecified atom stereocenters. The van der Waals surface area contributed by atoms with Crippen LogP contribution in [0.15, 0.2) is 12.7 Å². The zero-order valence-corrected chi connectivity index (χ0v) is 8.05. The molecule has 0 bridgehead atoms. The second kappa shape index (κ2) is 5.29. The number of hydrogen-bond acceptors (Lipinski definition) is 3. The Morgan fingerprint density at radius 3 is 2.50 bits per heavy atom. The van der Waals surface area contributed by atoms with Crippen LogP contribution < -0.4 is 0 Å². The van der Waals surface area contributed by atoms with Gasteiger partial charge in [-0.05, 0) is 6.92 Å². The summed E-state index contributed by atoms with van der Waals surface area (Å²) in [6.45, 7) is 5.26. The molecule has 0 aromatic carbocycles.